The van der Waals surface area contributed by atoms with Gasteiger partial charge in [0, 0.05) is 36.7 Å². The fraction of sp³-hybridized carbons (Fsp3) is 0.375. The Hall–Kier alpha value is -2.90. The first kappa shape index (κ1) is 23.8. The highest BCUT2D eigenvalue weighted by Crippen LogP contribution is 2.21. The number of hydrogen-bond donors (Lipinski definition) is 3. The minimum atomic E-state index is -1.34. The van der Waals surface area contributed by atoms with Gasteiger partial charge in [-0.25, -0.2) is 0 Å². The number of benzene rings is 2. The van der Waals surface area contributed by atoms with Gasteiger partial charge in [0.15, 0.2) is 6.04 Å². The van der Waals surface area contributed by atoms with Gasteiger partial charge in [0.25, 0.3) is 5.91 Å². The Balaban J connectivity index is 1.65. The second-order valence-electron chi connectivity index (χ2n) is 8.10. The number of carbonyl (C=O) groups excluding carboxylic acids is 3. The number of carboxylic acid groups (broad SMARTS) is 1. The normalized spacial score (nSPS) is 17.3. The molecule has 2 aromatic rings. The van der Waals surface area contributed by atoms with Gasteiger partial charge in [-0.15, -0.1) is 0 Å². The fourth-order valence-corrected chi connectivity index (χ4v) is 4.06. The molecule has 1 fully saturated rings. The van der Waals surface area contributed by atoms with Gasteiger partial charge in [0.05, 0.1) is 18.6 Å². The van der Waals surface area contributed by atoms with Crippen molar-refractivity contribution in [3.8, 4) is 0 Å². The summed E-state index contributed by atoms with van der Waals surface area (Å²) in [5, 5.41) is 19.7. The molecule has 3 atom stereocenters. The SMILES string of the molecule is O=C(C[C@@H](CNC(=O)[C@@H]1CCC[NH2+]1)c1ccc(Cl)cc1)N[C@@H](Cc1ccccc1)C(=O)[O-]. The number of nitrogens with one attached hydrogen (secondary N) is 2. The second kappa shape index (κ2) is 11.6. The number of nitrogens with two attached hydrogens (primary N) is 1. The topological polar surface area (TPSA) is 115 Å². The molecule has 0 bridgehead atoms. The Morgan fingerprint density at radius 2 is 1.81 bits per heavy atom. The molecule has 1 aliphatic rings. The van der Waals surface area contributed by atoms with E-state index in [0.29, 0.717) is 5.02 Å². The number of amides is 2. The smallest absolute Gasteiger partial charge is 0.278 e. The number of rotatable bonds is 10. The van der Waals surface area contributed by atoms with Crippen LogP contribution in [0.1, 0.15) is 36.3 Å². The lowest BCUT2D eigenvalue weighted by Gasteiger charge is -2.23. The van der Waals surface area contributed by atoms with Crippen molar-refractivity contribution >= 4 is 29.4 Å². The monoisotopic (exact) mass is 457 g/mol. The summed E-state index contributed by atoms with van der Waals surface area (Å²) in [4.78, 5) is 36.8. The Bertz CT molecular complexity index is 915. The zero-order valence-corrected chi connectivity index (χ0v) is 18.5. The molecular formula is C24H28ClN3O4. The van der Waals surface area contributed by atoms with E-state index in [1.807, 2.05) is 35.6 Å². The molecule has 8 heteroatoms. The first-order valence-electron chi connectivity index (χ1n) is 10.8. The van der Waals surface area contributed by atoms with Crippen LogP contribution in [-0.2, 0) is 20.8 Å². The highest BCUT2D eigenvalue weighted by Gasteiger charge is 2.27. The van der Waals surface area contributed by atoms with Gasteiger partial charge in [0.2, 0.25) is 5.91 Å². The molecule has 1 saturated heterocycles. The van der Waals surface area contributed by atoms with E-state index in [1.165, 1.54) is 0 Å². The van der Waals surface area contributed by atoms with E-state index in [9.17, 15) is 19.5 Å². The van der Waals surface area contributed by atoms with Crippen LogP contribution in [-0.4, -0.2) is 43.0 Å². The molecule has 0 saturated carbocycles. The van der Waals surface area contributed by atoms with Gasteiger partial charge in [-0.2, -0.15) is 0 Å². The Labute approximate surface area is 192 Å². The summed E-state index contributed by atoms with van der Waals surface area (Å²) in [5.74, 6) is -2.12. The van der Waals surface area contributed by atoms with Crippen molar-refractivity contribution in [2.24, 2.45) is 0 Å². The summed E-state index contributed by atoms with van der Waals surface area (Å²) in [5.41, 5.74) is 1.63. The molecule has 4 N–H and O–H groups in total. The van der Waals surface area contributed by atoms with E-state index in [4.69, 9.17) is 11.6 Å². The van der Waals surface area contributed by atoms with E-state index in [1.54, 1.807) is 24.3 Å². The van der Waals surface area contributed by atoms with Crippen molar-refractivity contribution in [2.45, 2.75) is 43.7 Å². The molecule has 0 unspecified atom stereocenters. The third kappa shape index (κ3) is 7.07. The van der Waals surface area contributed by atoms with Crippen molar-refractivity contribution in [3.63, 3.8) is 0 Å². The molecule has 1 aliphatic heterocycles. The highest BCUT2D eigenvalue weighted by molar-refractivity contribution is 6.30. The van der Waals surface area contributed by atoms with Crippen LogP contribution in [0.3, 0.4) is 0 Å². The summed E-state index contributed by atoms with van der Waals surface area (Å²) < 4.78 is 0. The zero-order chi connectivity index (χ0) is 22.9. The van der Waals surface area contributed by atoms with Crippen LogP contribution < -0.4 is 21.1 Å². The number of carboxylic acids is 1. The van der Waals surface area contributed by atoms with Gasteiger partial charge in [-0.1, -0.05) is 54.1 Å². The molecule has 0 aromatic heterocycles. The predicted octanol–water partition coefficient (Wildman–Crippen LogP) is 0.133. The summed E-state index contributed by atoms with van der Waals surface area (Å²) >= 11 is 5.99. The minimum absolute atomic E-state index is 0.0227. The minimum Gasteiger partial charge on any atom is -0.548 e. The van der Waals surface area contributed by atoms with Gasteiger partial charge < -0.3 is 25.9 Å². The van der Waals surface area contributed by atoms with Crippen LogP contribution in [0.4, 0.5) is 0 Å². The van der Waals surface area contributed by atoms with Crippen molar-refractivity contribution in [1.82, 2.24) is 10.6 Å². The molecular weight excluding hydrogens is 430 g/mol. The van der Waals surface area contributed by atoms with Crippen molar-refractivity contribution < 1.29 is 24.8 Å². The van der Waals surface area contributed by atoms with Crippen molar-refractivity contribution in [3.05, 3.63) is 70.7 Å². The van der Waals surface area contributed by atoms with Gasteiger partial charge in [0.1, 0.15) is 0 Å². The Morgan fingerprint density at radius 1 is 1.09 bits per heavy atom. The molecule has 0 spiro atoms. The lowest BCUT2D eigenvalue weighted by molar-refractivity contribution is -0.657. The first-order valence-corrected chi connectivity index (χ1v) is 11.2. The molecule has 170 valence electrons. The summed E-state index contributed by atoms with van der Waals surface area (Å²) in [6.45, 7) is 1.21. The van der Waals surface area contributed by atoms with Gasteiger partial charge >= 0.3 is 0 Å². The molecule has 3 rings (SSSR count). The first-order chi connectivity index (χ1) is 15.4. The van der Waals surface area contributed by atoms with E-state index in [0.717, 1.165) is 30.5 Å². The Kier molecular flexibility index (Phi) is 8.64. The van der Waals surface area contributed by atoms with E-state index in [-0.39, 0.29) is 37.3 Å². The lowest BCUT2D eigenvalue weighted by Crippen LogP contribution is -2.89. The van der Waals surface area contributed by atoms with E-state index >= 15 is 0 Å². The molecule has 0 aliphatic carbocycles. The van der Waals surface area contributed by atoms with Crippen molar-refractivity contribution in [2.75, 3.05) is 13.1 Å². The van der Waals surface area contributed by atoms with Crippen molar-refractivity contribution in [1.29, 1.82) is 0 Å². The van der Waals surface area contributed by atoms with Gasteiger partial charge in [-0.3, -0.25) is 9.59 Å². The van der Waals surface area contributed by atoms with Crippen LogP contribution in [0.2, 0.25) is 5.02 Å². The number of hydrogen-bond acceptors (Lipinski definition) is 4. The zero-order valence-electron chi connectivity index (χ0n) is 17.8. The third-order valence-corrected chi connectivity index (χ3v) is 5.96. The molecule has 2 amide bonds. The number of halogens is 1. The second-order valence-corrected chi connectivity index (χ2v) is 8.54. The van der Waals surface area contributed by atoms with Crippen LogP contribution >= 0.6 is 11.6 Å². The average Bonchev–Trinajstić information content (AvgIpc) is 3.32. The number of quaternary nitrogens is 1. The predicted molar refractivity (Wildman–Crippen MR) is 119 cm³/mol. The average molecular weight is 458 g/mol. The van der Waals surface area contributed by atoms with E-state index in [2.05, 4.69) is 10.6 Å². The molecule has 2 aromatic carbocycles. The maximum atomic E-state index is 12.8. The maximum Gasteiger partial charge on any atom is 0.278 e. The molecule has 1 heterocycles. The molecule has 32 heavy (non-hydrogen) atoms. The molecule has 7 nitrogen and oxygen atoms in total. The summed E-state index contributed by atoms with van der Waals surface area (Å²) in [7, 11) is 0. The quantitative estimate of drug-likeness (QED) is 0.470. The van der Waals surface area contributed by atoms with Crippen LogP contribution in [0, 0.1) is 0 Å². The van der Waals surface area contributed by atoms with Gasteiger partial charge in [-0.05, 0) is 29.7 Å². The third-order valence-electron chi connectivity index (χ3n) is 5.71. The highest BCUT2D eigenvalue weighted by atomic mass is 35.5. The Morgan fingerprint density at radius 3 is 2.44 bits per heavy atom. The van der Waals surface area contributed by atoms with E-state index < -0.39 is 17.9 Å². The summed E-state index contributed by atoms with van der Waals surface area (Å²) in [6, 6.07) is 14.9. The van der Waals surface area contributed by atoms with Crippen LogP contribution in [0.15, 0.2) is 54.6 Å². The van der Waals surface area contributed by atoms with Crippen LogP contribution in [0.5, 0.6) is 0 Å². The van der Waals surface area contributed by atoms with Crippen LogP contribution in [0.25, 0.3) is 0 Å². The lowest BCUT2D eigenvalue weighted by atomic mass is 9.94. The maximum absolute atomic E-state index is 12.8. The largest absolute Gasteiger partial charge is 0.548 e. The molecule has 0 radical (unpaired) electrons. The standard InChI is InChI=1S/C24H28ClN3O4/c25-19-10-8-17(9-11-19)18(15-27-23(30)20-7-4-12-26-20)14-22(29)28-21(24(31)32)13-16-5-2-1-3-6-16/h1-3,5-6,8-11,18,20-21,26H,4,7,12-15H2,(H,27,30)(H,28,29)(H,31,32)/t18-,20-,21-/m0/s1. The number of carbonyl (C=O) groups is 3. The number of aliphatic carboxylic acids is 1. The summed E-state index contributed by atoms with van der Waals surface area (Å²) in [6.07, 6.45) is 2.00. The fourth-order valence-electron chi connectivity index (χ4n) is 3.93.